The molecule has 20 heavy (non-hydrogen) atoms. The third kappa shape index (κ3) is 2.15. The molecule has 0 bridgehead atoms. The van der Waals surface area contributed by atoms with Crippen LogP contribution in [0.3, 0.4) is 0 Å². The third-order valence-electron chi connectivity index (χ3n) is 3.36. The first-order valence-corrected chi connectivity index (χ1v) is 6.16. The van der Waals surface area contributed by atoms with E-state index in [2.05, 4.69) is 15.1 Å². The lowest BCUT2D eigenvalue weighted by atomic mass is 10.0. The average Bonchev–Trinajstić information content (AvgIpc) is 3.06. The topological polar surface area (TPSA) is 104 Å². The second kappa shape index (κ2) is 4.80. The first kappa shape index (κ1) is 12.4. The zero-order valence-corrected chi connectivity index (χ0v) is 10.6. The molecule has 2 aromatic rings. The van der Waals surface area contributed by atoms with Gasteiger partial charge in [-0.3, -0.25) is 9.48 Å². The van der Waals surface area contributed by atoms with Crippen LogP contribution in [-0.4, -0.2) is 47.7 Å². The normalized spacial score (nSPS) is 17.8. The molecule has 104 valence electrons. The third-order valence-corrected chi connectivity index (χ3v) is 3.36. The fourth-order valence-corrected chi connectivity index (χ4v) is 2.34. The lowest BCUT2D eigenvalue weighted by Gasteiger charge is -2.32. The van der Waals surface area contributed by atoms with Gasteiger partial charge in [-0.1, -0.05) is 0 Å². The number of amides is 1. The van der Waals surface area contributed by atoms with Gasteiger partial charge in [0.15, 0.2) is 0 Å². The van der Waals surface area contributed by atoms with Gasteiger partial charge >= 0.3 is 5.97 Å². The Labute approximate surface area is 114 Å². The van der Waals surface area contributed by atoms with E-state index in [1.807, 2.05) is 0 Å². The molecule has 3 rings (SSSR count). The summed E-state index contributed by atoms with van der Waals surface area (Å²) in [6.45, 7) is 0.257. The predicted octanol–water partition coefficient (Wildman–Crippen LogP) is -0.356. The number of carbonyl (C=O) groups excluding carboxylic acids is 1. The van der Waals surface area contributed by atoms with Gasteiger partial charge in [0.25, 0.3) is 0 Å². The first-order valence-electron chi connectivity index (χ1n) is 6.16. The van der Waals surface area contributed by atoms with Crippen LogP contribution in [0.4, 0.5) is 0 Å². The van der Waals surface area contributed by atoms with Crippen molar-refractivity contribution >= 4 is 11.9 Å². The zero-order chi connectivity index (χ0) is 14.1. The van der Waals surface area contributed by atoms with E-state index in [0.29, 0.717) is 5.69 Å². The van der Waals surface area contributed by atoms with Gasteiger partial charge in [0, 0.05) is 18.8 Å². The fourth-order valence-electron chi connectivity index (χ4n) is 2.34. The Balaban J connectivity index is 1.82. The summed E-state index contributed by atoms with van der Waals surface area (Å²) in [7, 11) is 0. The summed E-state index contributed by atoms with van der Waals surface area (Å²) in [6.07, 6.45) is 4.98. The maximum Gasteiger partial charge on any atom is 0.326 e. The second-order valence-corrected chi connectivity index (χ2v) is 4.61. The number of H-pyrrole nitrogens is 1. The predicted molar refractivity (Wildman–Crippen MR) is 66.5 cm³/mol. The highest BCUT2D eigenvalue weighted by atomic mass is 16.4. The van der Waals surface area contributed by atoms with Crippen LogP contribution in [0.2, 0.25) is 0 Å². The van der Waals surface area contributed by atoms with Crippen molar-refractivity contribution in [3.05, 3.63) is 36.2 Å². The maximum atomic E-state index is 12.3. The highest BCUT2D eigenvalue weighted by Gasteiger charge is 2.35. The van der Waals surface area contributed by atoms with E-state index < -0.39 is 12.0 Å². The fraction of sp³-hybridized carbons (Fsp3) is 0.333. The number of aromatic nitrogens is 4. The van der Waals surface area contributed by atoms with Crippen molar-refractivity contribution in [2.75, 3.05) is 0 Å². The quantitative estimate of drug-likeness (QED) is 0.796. The Morgan fingerprint density at radius 2 is 2.35 bits per heavy atom. The molecule has 0 saturated heterocycles. The van der Waals surface area contributed by atoms with E-state index in [-0.39, 0.29) is 25.4 Å². The number of carboxylic acid groups (broad SMARTS) is 1. The molecular weight excluding hydrogens is 262 g/mol. The Morgan fingerprint density at radius 3 is 3.05 bits per heavy atom. The number of rotatable bonds is 3. The summed E-state index contributed by atoms with van der Waals surface area (Å²) < 4.78 is 1.48. The average molecular weight is 275 g/mol. The van der Waals surface area contributed by atoms with Gasteiger partial charge < -0.3 is 15.0 Å². The number of nitrogens with zero attached hydrogens (tertiary/aromatic N) is 4. The lowest BCUT2D eigenvalue weighted by Crippen LogP contribution is -2.49. The number of carbonyl (C=O) groups is 2. The number of nitrogens with one attached hydrogen (secondary N) is 1. The van der Waals surface area contributed by atoms with Gasteiger partial charge in [-0.25, -0.2) is 9.78 Å². The lowest BCUT2D eigenvalue weighted by molar-refractivity contribution is -0.151. The van der Waals surface area contributed by atoms with E-state index in [9.17, 15) is 14.7 Å². The van der Waals surface area contributed by atoms with Gasteiger partial charge in [0.05, 0.1) is 24.3 Å². The minimum absolute atomic E-state index is 0.0280. The van der Waals surface area contributed by atoms with E-state index in [1.165, 1.54) is 15.9 Å². The van der Waals surface area contributed by atoms with E-state index in [1.54, 1.807) is 18.5 Å². The monoisotopic (exact) mass is 275 g/mol. The molecule has 2 aromatic heterocycles. The number of hydrogen-bond acceptors (Lipinski definition) is 4. The number of imidazole rings is 1. The highest BCUT2D eigenvalue weighted by Crippen LogP contribution is 2.21. The first-order chi connectivity index (χ1) is 9.65. The van der Waals surface area contributed by atoms with E-state index in [0.717, 1.165) is 5.69 Å². The van der Waals surface area contributed by atoms with Crippen LogP contribution in [0.15, 0.2) is 24.8 Å². The molecule has 1 amide bonds. The van der Waals surface area contributed by atoms with Gasteiger partial charge in [-0.05, 0) is 6.07 Å². The second-order valence-electron chi connectivity index (χ2n) is 4.61. The Morgan fingerprint density at radius 1 is 1.50 bits per heavy atom. The minimum atomic E-state index is -1.02. The van der Waals surface area contributed by atoms with Gasteiger partial charge in [0.2, 0.25) is 5.91 Å². The number of hydrogen-bond donors (Lipinski definition) is 2. The summed E-state index contributed by atoms with van der Waals surface area (Å²) in [5, 5.41) is 13.2. The molecule has 2 N–H and O–H groups in total. The zero-order valence-electron chi connectivity index (χ0n) is 10.6. The molecule has 8 nitrogen and oxygen atoms in total. The molecule has 0 radical (unpaired) electrons. The highest BCUT2D eigenvalue weighted by molar-refractivity contribution is 5.84. The van der Waals surface area contributed by atoms with Crippen LogP contribution in [0.1, 0.15) is 11.4 Å². The maximum absolute atomic E-state index is 12.3. The molecule has 1 aliphatic rings. The van der Waals surface area contributed by atoms with Gasteiger partial charge in [0.1, 0.15) is 12.6 Å². The largest absolute Gasteiger partial charge is 0.480 e. The summed E-state index contributed by atoms with van der Waals surface area (Å²) in [4.78, 5) is 32.0. The molecule has 1 aliphatic heterocycles. The number of carboxylic acids is 1. The summed E-state index contributed by atoms with van der Waals surface area (Å²) in [5.74, 6) is -1.30. The smallest absolute Gasteiger partial charge is 0.326 e. The molecule has 1 unspecified atom stereocenters. The van der Waals surface area contributed by atoms with Crippen molar-refractivity contribution in [3.63, 3.8) is 0 Å². The van der Waals surface area contributed by atoms with Crippen LogP contribution >= 0.6 is 0 Å². The Bertz CT molecular complexity index is 633. The van der Waals surface area contributed by atoms with Crippen LogP contribution in [0.25, 0.3) is 0 Å². The van der Waals surface area contributed by atoms with Crippen LogP contribution < -0.4 is 0 Å². The van der Waals surface area contributed by atoms with Crippen LogP contribution in [-0.2, 0) is 29.1 Å². The van der Waals surface area contributed by atoms with Crippen molar-refractivity contribution in [1.82, 2.24) is 24.6 Å². The van der Waals surface area contributed by atoms with Crippen LogP contribution in [0.5, 0.6) is 0 Å². The Kier molecular flexibility index (Phi) is 2.97. The number of aromatic amines is 1. The van der Waals surface area contributed by atoms with Crippen molar-refractivity contribution in [3.8, 4) is 0 Å². The van der Waals surface area contributed by atoms with Crippen LogP contribution in [0, 0.1) is 0 Å². The van der Waals surface area contributed by atoms with Gasteiger partial charge in [-0.15, -0.1) is 0 Å². The molecule has 0 aromatic carbocycles. The minimum Gasteiger partial charge on any atom is -0.480 e. The molecule has 8 heteroatoms. The summed E-state index contributed by atoms with van der Waals surface area (Å²) in [5.41, 5.74) is 1.50. The van der Waals surface area contributed by atoms with E-state index in [4.69, 9.17) is 0 Å². The van der Waals surface area contributed by atoms with Crippen molar-refractivity contribution < 1.29 is 14.7 Å². The molecule has 0 aliphatic carbocycles. The standard InChI is InChI=1S/C12H13N5O3/c18-11(6-16-3-1-2-15-16)17-5-9-8(13-7-14-9)4-10(17)12(19)20/h1-3,7,10H,4-6H2,(H,13,14)(H,19,20). The molecule has 1 atom stereocenters. The number of fused-ring (bicyclic) bond motifs is 1. The number of aliphatic carboxylic acids is 1. The van der Waals surface area contributed by atoms with Crippen molar-refractivity contribution in [1.29, 1.82) is 0 Å². The molecular formula is C12H13N5O3. The molecule has 0 spiro atoms. The van der Waals surface area contributed by atoms with Crippen molar-refractivity contribution in [2.24, 2.45) is 0 Å². The van der Waals surface area contributed by atoms with Gasteiger partial charge in [-0.2, -0.15) is 5.10 Å². The van der Waals surface area contributed by atoms with E-state index >= 15 is 0 Å². The molecule has 3 heterocycles. The summed E-state index contributed by atoms with van der Waals surface area (Å²) >= 11 is 0. The molecule has 0 saturated carbocycles. The Hall–Kier alpha value is -2.64. The van der Waals surface area contributed by atoms with Crippen molar-refractivity contribution in [2.45, 2.75) is 25.6 Å². The SMILES string of the molecule is O=C(O)C1Cc2nc[nH]c2CN1C(=O)Cn1cccn1. The molecule has 0 fully saturated rings. The summed E-state index contributed by atoms with van der Waals surface area (Å²) in [6, 6.07) is 0.833.